The number of rotatable bonds is 7. The molecule has 2 heterocycles. The summed E-state index contributed by atoms with van der Waals surface area (Å²) in [6.45, 7) is 5.91. The molecule has 0 saturated carbocycles. The lowest BCUT2D eigenvalue weighted by Crippen LogP contribution is -2.15. The van der Waals surface area contributed by atoms with Crippen LogP contribution in [0.5, 0.6) is 0 Å². The van der Waals surface area contributed by atoms with Gasteiger partial charge < -0.3 is 5.32 Å². The quantitative estimate of drug-likeness (QED) is 0.290. The molecule has 0 unspecified atom stereocenters. The summed E-state index contributed by atoms with van der Waals surface area (Å²) in [6, 6.07) is 28.0. The summed E-state index contributed by atoms with van der Waals surface area (Å²) in [5, 5.41) is 17.2. The number of para-hydroxylation sites is 1. The van der Waals surface area contributed by atoms with Crippen molar-refractivity contribution >= 4 is 23.4 Å². The highest BCUT2D eigenvalue weighted by Gasteiger charge is 2.19. The highest BCUT2D eigenvalue weighted by molar-refractivity contribution is 7.99. The van der Waals surface area contributed by atoms with E-state index >= 15 is 0 Å². The van der Waals surface area contributed by atoms with E-state index in [1.165, 1.54) is 17.3 Å². The average molecular weight is 495 g/mol. The van der Waals surface area contributed by atoms with Crippen molar-refractivity contribution in [3.63, 3.8) is 0 Å². The van der Waals surface area contributed by atoms with Gasteiger partial charge in [-0.1, -0.05) is 78.0 Å². The molecule has 0 fully saturated rings. The number of thioether (sulfide) groups is 1. The minimum Gasteiger partial charge on any atom is -0.322 e. The van der Waals surface area contributed by atoms with Crippen LogP contribution in [-0.2, 0) is 4.79 Å². The summed E-state index contributed by atoms with van der Waals surface area (Å²) in [4.78, 5) is 13.0. The van der Waals surface area contributed by atoms with E-state index in [1.54, 1.807) is 0 Å². The van der Waals surface area contributed by atoms with Crippen LogP contribution in [0.2, 0.25) is 0 Å². The number of aryl methyl sites for hydroxylation is 2. The molecule has 0 aliphatic rings. The number of carbonyl (C=O) groups excluding carboxylic acids is 1. The second-order valence-electron chi connectivity index (χ2n) is 8.47. The molecule has 36 heavy (non-hydrogen) atoms. The predicted octanol–water partition coefficient (Wildman–Crippen LogP) is 5.78. The maximum absolute atomic E-state index is 13.0. The van der Waals surface area contributed by atoms with Gasteiger partial charge in [0.05, 0.1) is 28.5 Å². The van der Waals surface area contributed by atoms with E-state index in [2.05, 4.69) is 27.5 Å². The molecule has 0 bridgehead atoms. The van der Waals surface area contributed by atoms with E-state index in [0.29, 0.717) is 5.16 Å². The van der Waals surface area contributed by atoms with Gasteiger partial charge in [-0.2, -0.15) is 5.10 Å². The van der Waals surface area contributed by atoms with Gasteiger partial charge in [-0.15, -0.1) is 10.2 Å². The van der Waals surface area contributed by atoms with Gasteiger partial charge in [0.15, 0.2) is 11.0 Å². The highest BCUT2D eigenvalue weighted by atomic mass is 32.2. The third-order valence-electron chi connectivity index (χ3n) is 5.85. The van der Waals surface area contributed by atoms with Crippen molar-refractivity contribution in [1.29, 1.82) is 0 Å². The third-order valence-corrected chi connectivity index (χ3v) is 6.78. The number of amides is 1. The average Bonchev–Trinajstić information content (AvgIpc) is 3.45. The molecule has 180 valence electrons. The molecular weight excluding hydrogens is 468 g/mol. The smallest absolute Gasteiger partial charge is 0.234 e. The van der Waals surface area contributed by atoms with Gasteiger partial charge in [0, 0.05) is 11.3 Å². The molecule has 1 amide bonds. The molecule has 0 aliphatic carbocycles. The number of benzene rings is 3. The minimum atomic E-state index is -0.126. The van der Waals surface area contributed by atoms with E-state index in [-0.39, 0.29) is 11.7 Å². The van der Waals surface area contributed by atoms with Gasteiger partial charge in [-0.3, -0.25) is 9.36 Å². The van der Waals surface area contributed by atoms with Crippen LogP contribution in [0.3, 0.4) is 0 Å². The van der Waals surface area contributed by atoms with E-state index in [1.807, 2.05) is 108 Å². The first-order chi connectivity index (χ1) is 17.5. The SMILES string of the molecule is Cc1ccc(-n2nc(C)c(NC(=O)CSc3nnc(-c4ccccc4)n3-c3ccccc3)c2C)cc1. The number of nitrogens with one attached hydrogen (secondary N) is 1. The van der Waals surface area contributed by atoms with Gasteiger partial charge in [0.2, 0.25) is 5.91 Å². The van der Waals surface area contributed by atoms with E-state index < -0.39 is 0 Å². The molecule has 0 radical (unpaired) electrons. The summed E-state index contributed by atoms with van der Waals surface area (Å²) in [6.07, 6.45) is 0. The van der Waals surface area contributed by atoms with Crippen LogP contribution in [0.1, 0.15) is 17.0 Å². The van der Waals surface area contributed by atoms with E-state index in [9.17, 15) is 4.79 Å². The van der Waals surface area contributed by atoms with Crippen molar-refractivity contribution in [2.75, 3.05) is 11.1 Å². The summed E-state index contributed by atoms with van der Waals surface area (Å²) in [7, 11) is 0. The van der Waals surface area contributed by atoms with Crippen LogP contribution in [0.4, 0.5) is 5.69 Å². The monoisotopic (exact) mass is 494 g/mol. The number of hydrogen-bond acceptors (Lipinski definition) is 5. The highest BCUT2D eigenvalue weighted by Crippen LogP contribution is 2.28. The Labute approximate surface area is 214 Å². The fourth-order valence-electron chi connectivity index (χ4n) is 4.01. The van der Waals surface area contributed by atoms with Crippen molar-refractivity contribution in [1.82, 2.24) is 24.5 Å². The number of nitrogens with zero attached hydrogens (tertiary/aromatic N) is 5. The molecule has 5 rings (SSSR count). The van der Waals surface area contributed by atoms with E-state index in [0.717, 1.165) is 39.8 Å². The molecule has 3 aromatic carbocycles. The summed E-state index contributed by atoms with van der Waals surface area (Å²) in [5.41, 5.74) is 6.43. The Kier molecular flexibility index (Phi) is 6.69. The molecule has 7 nitrogen and oxygen atoms in total. The summed E-state index contributed by atoms with van der Waals surface area (Å²) >= 11 is 1.35. The molecule has 8 heteroatoms. The van der Waals surface area contributed by atoms with Crippen LogP contribution in [0, 0.1) is 20.8 Å². The van der Waals surface area contributed by atoms with Crippen LogP contribution in [0.25, 0.3) is 22.8 Å². The number of hydrogen-bond donors (Lipinski definition) is 1. The van der Waals surface area contributed by atoms with Gasteiger partial charge >= 0.3 is 0 Å². The van der Waals surface area contributed by atoms with Crippen molar-refractivity contribution < 1.29 is 4.79 Å². The Hall–Kier alpha value is -4.17. The minimum absolute atomic E-state index is 0.126. The molecule has 2 aromatic heterocycles. The molecule has 1 N–H and O–H groups in total. The fraction of sp³-hybridized carbons (Fsp3) is 0.143. The van der Waals surface area contributed by atoms with Gasteiger partial charge in [-0.05, 0) is 45.0 Å². The van der Waals surface area contributed by atoms with Crippen molar-refractivity contribution in [3.8, 4) is 22.8 Å². The normalized spacial score (nSPS) is 11.0. The van der Waals surface area contributed by atoms with Crippen LogP contribution in [-0.4, -0.2) is 36.2 Å². The summed E-state index contributed by atoms with van der Waals surface area (Å²) in [5.74, 6) is 0.795. The zero-order valence-electron chi connectivity index (χ0n) is 20.3. The first-order valence-corrected chi connectivity index (χ1v) is 12.6. The van der Waals surface area contributed by atoms with Crippen molar-refractivity contribution in [3.05, 3.63) is 102 Å². The Morgan fingerprint density at radius 1 is 0.833 bits per heavy atom. The number of carbonyl (C=O) groups is 1. The predicted molar refractivity (Wildman–Crippen MR) is 144 cm³/mol. The maximum Gasteiger partial charge on any atom is 0.234 e. The first kappa shape index (κ1) is 23.6. The van der Waals surface area contributed by atoms with E-state index in [4.69, 9.17) is 0 Å². The fourth-order valence-corrected chi connectivity index (χ4v) is 4.77. The standard InChI is InChI=1S/C28H26N6OS/c1-19-14-16-24(17-15-19)34-21(3)26(20(2)32-34)29-25(35)18-36-28-31-30-27(22-10-6-4-7-11-22)33(28)23-12-8-5-9-13-23/h4-17H,18H2,1-3H3,(H,29,35). The molecule has 0 aliphatic heterocycles. The topological polar surface area (TPSA) is 77.6 Å². The lowest BCUT2D eigenvalue weighted by atomic mass is 10.2. The Morgan fingerprint density at radius 3 is 2.19 bits per heavy atom. The van der Waals surface area contributed by atoms with Gasteiger partial charge in [-0.25, -0.2) is 4.68 Å². The molecular formula is C28H26N6OS. The Balaban J connectivity index is 1.36. The Morgan fingerprint density at radius 2 is 1.50 bits per heavy atom. The van der Waals surface area contributed by atoms with Crippen LogP contribution < -0.4 is 5.32 Å². The van der Waals surface area contributed by atoms with Crippen LogP contribution >= 0.6 is 11.8 Å². The number of anilines is 1. The summed E-state index contributed by atoms with van der Waals surface area (Å²) < 4.78 is 3.84. The van der Waals surface area contributed by atoms with Gasteiger partial charge in [0.25, 0.3) is 0 Å². The largest absolute Gasteiger partial charge is 0.322 e. The lowest BCUT2D eigenvalue weighted by molar-refractivity contribution is -0.113. The Bertz CT molecular complexity index is 1490. The second-order valence-corrected chi connectivity index (χ2v) is 9.42. The third kappa shape index (κ3) is 4.81. The zero-order chi connectivity index (χ0) is 25.1. The maximum atomic E-state index is 13.0. The van der Waals surface area contributed by atoms with Crippen LogP contribution in [0.15, 0.2) is 90.1 Å². The molecule has 0 atom stereocenters. The molecule has 0 spiro atoms. The van der Waals surface area contributed by atoms with Crippen molar-refractivity contribution in [2.24, 2.45) is 0 Å². The second kappa shape index (κ2) is 10.2. The van der Waals surface area contributed by atoms with Crippen molar-refractivity contribution in [2.45, 2.75) is 25.9 Å². The molecule has 0 saturated heterocycles. The number of aromatic nitrogens is 5. The zero-order valence-corrected chi connectivity index (χ0v) is 21.2. The lowest BCUT2D eigenvalue weighted by Gasteiger charge is -2.10. The molecule has 5 aromatic rings. The van der Waals surface area contributed by atoms with Gasteiger partial charge in [0.1, 0.15) is 0 Å². The first-order valence-electron chi connectivity index (χ1n) is 11.6.